The first kappa shape index (κ1) is 25.6. The monoisotopic (exact) mass is 556 g/mol. The predicted molar refractivity (Wildman–Crippen MR) is 140 cm³/mol. The van der Waals surface area contributed by atoms with Crippen molar-refractivity contribution in [3.05, 3.63) is 87.5 Å². The van der Waals surface area contributed by atoms with Gasteiger partial charge in [0.2, 0.25) is 0 Å². The van der Waals surface area contributed by atoms with Crippen LogP contribution in [0.4, 0.5) is 13.9 Å². The molecule has 7 nitrogen and oxygen atoms in total. The zero-order valence-electron chi connectivity index (χ0n) is 20.2. The first-order chi connectivity index (χ1) is 18.1. The van der Waals surface area contributed by atoms with E-state index in [9.17, 15) is 23.5 Å². The molecule has 0 spiro atoms. The van der Waals surface area contributed by atoms with Gasteiger partial charge >= 0.3 is 5.91 Å². The van der Waals surface area contributed by atoms with Gasteiger partial charge in [0.1, 0.15) is 17.3 Å². The van der Waals surface area contributed by atoms with E-state index in [1.807, 2.05) is 13.0 Å². The molecule has 4 aromatic rings. The Hall–Kier alpha value is -4.02. The highest BCUT2D eigenvalue weighted by Gasteiger charge is 2.48. The van der Waals surface area contributed by atoms with Gasteiger partial charge in [0.05, 0.1) is 46.6 Å². The lowest BCUT2D eigenvalue weighted by Gasteiger charge is -2.23. The number of halogens is 3. The van der Waals surface area contributed by atoms with Crippen LogP contribution in [0, 0.1) is 18.6 Å². The van der Waals surface area contributed by atoms with Crippen LogP contribution in [0.2, 0.25) is 5.02 Å². The molecule has 3 aromatic carbocycles. The minimum absolute atomic E-state index is 0.0401. The molecule has 38 heavy (non-hydrogen) atoms. The number of ether oxygens (including phenoxy) is 2. The Morgan fingerprint density at radius 2 is 1.76 bits per heavy atom. The summed E-state index contributed by atoms with van der Waals surface area (Å²) in [7, 11) is 2.76. The molecular formula is C27H19ClF2N2O5S. The molecule has 1 aromatic heterocycles. The lowest BCUT2D eigenvalue weighted by atomic mass is 9.94. The van der Waals surface area contributed by atoms with Gasteiger partial charge in [-0.25, -0.2) is 13.8 Å². The third-order valence-corrected chi connectivity index (χ3v) is 7.47. The van der Waals surface area contributed by atoms with E-state index in [1.165, 1.54) is 26.4 Å². The Morgan fingerprint density at radius 3 is 2.45 bits per heavy atom. The molecular weight excluding hydrogens is 538 g/mol. The second-order valence-corrected chi connectivity index (χ2v) is 9.92. The smallest absolute Gasteiger partial charge is 0.301 e. The maximum Gasteiger partial charge on any atom is 0.301 e. The molecule has 11 heteroatoms. The van der Waals surface area contributed by atoms with Crippen molar-refractivity contribution in [3.8, 4) is 11.5 Å². The summed E-state index contributed by atoms with van der Waals surface area (Å²) in [5, 5.41) is 11.7. The number of carbonyl (C=O) groups is 2. The Bertz CT molecular complexity index is 1630. The zero-order valence-corrected chi connectivity index (χ0v) is 21.8. The van der Waals surface area contributed by atoms with Crippen molar-refractivity contribution in [1.29, 1.82) is 0 Å². The Kier molecular flexibility index (Phi) is 6.54. The third-order valence-electron chi connectivity index (χ3n) is 6.16. The summed E-state index contributed by atoms with van der Waals surface area (Å²) in [6, 6.07) is 10.7. The second-order valence-electron chi connectivity index (χ2n) is 8.50. The molecule has 0 saturated carbocycles. The molecule has 0 radical (unpaired) electrons. The van der Waals surface area contributed by atoms with Gasteiger partial charge in [-0.05, 0) is 24.6 Å². The molecule has 194 valence electrons. The SMILES string of the molecule is COc1cc(/C(O)=C2\C(=O)C(=O)N(c3nc4cc(F)c(F)cc4s3)C2c2cccc(C)c2)c(OC)cc1Cl. The number of anilines is 1. The van der Waals surface area contributed by atoms with E-state index in [4.69, 9.17) is 21.1 Å². The van der Waals surface area contributed by atoms with Crippen LogP contribution in [0.1, 0.15) is 22.7 Å². The van der Waals surface area contributed by atoms with Crippen LogP contribution in [0.15, 0.2) is 54.1 Å². The number of nitrogens with zero attached hydrogens (tertiary/aromatic N) is 2. The Morgan fingerprint density at radius 1 is 1.05 bits per heavy atom. The number of aliphatic hydroxyl groups is 1. The summed E-state index contributed by atoms with van der Waals surface area (Å²) < 4.78 is 38.7. The van der Waals surface area contributed by atoms with Gasteiger partial charge < -0.3 is 14.6 Å². The Labute approximate surface area is 224 Å². The normalized spacial score (nSPS) is 16.9. The molecule has 1 amide bonds. The van der Waals surface area contributed by atoms with Crippen LogP contribution < -0.4 is 14.4 Å². The van der Waals surface area contributed by atoms with Crippen molar-refractivity contribution in [2.45, 2.75) is 13.0 Å². The van der Waals surface area contributed by atoms with Gasteiger partial charge in [-0.15, -0.1) is 0 Å². The van der Waals surface area contributed by atoms with Gasteiger partial charge in [0, 0.05) is 12.1 Å². The third kappa shape index (κ3) is 4.15. The molecule has 1 N–H and O–H groups in total. The number of hydrogen-bond acceptors (Lipinski definition) is 7. The maximum atomic E-state index is 13.9. The predicted octanol–water partition coefficient (Wildman–Crippen LogP) is 6.18. The lowest BCUT2D eigenvalue weighted by Crippen LogP contribution is -2.29. The minimum Gasteiger partial charge on any atom is -0.507 e. The number of ketones is 1. The number of carbonyl (C=O) groups excluding carboxylic acids is 2. The second kappa shape index (κ2) is 9.70. The number of aryl methyl sites for hydroxylation is 1. The topological polar surface area (TPSA) is 89.0 Å². The summed E-state index contributed by atoms with van der Waals surface area (Å²) >= 11 is 7.13. The number of rotatable bonds is 5. The minimum atomic E-state index is -1.10. The molecule has 1 unspecified atom stereocenters. The van der Waals surface area contributed by atoms with E-state index >= 15 is 0 Å². The van der Waals surface area contributed by atoms with Crippen molar-refractivity contribution in [3.63, 3.8) is 0 Å². The summed E-state index contributed by atoms with van der Waals surface area (Å²) in [6.07, 6.45) is 0. The van der Waals surface area contributed by atoms with Gasteiger partial charge in [0.25, 0.3) is 5.78 Å². The van der Waals surface area contributed by atoms with Crippen molar-refractivity contribution in [1.82, 2.24) is 4.98 Å². The average molecular weight is 557 g/mol. The van der Waals surface area contributed by atoms with Crippen molar-refractivity contribution < 1.29 is 33.0 Å². The summed E-state index contributed by atoms with van der Waals surface area (Å²) in [6.45, 7) is 1.84. The molecule has 1 saturated heterocycles. The van der Waals surface area contributed by atoms with Gasteiger partial charge in [-0.3, -0.25) is 14.5 Å². The highest BCUT2D eigenvalue weighted by Crippen LogP contribution is 2.46. The first-order valence-electron chi connectivity index (χ1n) is 11.2. The highest BCUT2D eigenvalue weighted by molar-refractivity contribution is 7.22. The van der Waals surface area contributed by atoms with Crippen molar-refractivity contribution >= 4 is 55.7 Å². The van der Waals surface area contributed by atoms with E-state index in [1.54, 1.807) is 18.2 Å². The van der Waals surface area contributed by atoms with Crippen molar-refractivity contribution in [2.75, 3.05) is 19.1 Å². The van der Waals surface area contributed by atoms with Crippen molar-refractivity contribution in [2.24, 2.45) is 0 Å². The van der Waals surface area contributed by atoms with Crippen LogP contribution in [0.3, 0.4) is 0 Å². The number of thiazole rings is 1. The molecule has 1 atom stereocenters. The van der Waals surface area contributed by atoms with Gasteiger partial charge in [-0.1, -0.05) is 52.8 Å². The van der Waals surface area contributed by atoms with Crippen LogP contribution >= 0.6 is 22.9 Å². The number of Topliss-reactive ketones (excluding diaryl/α,β-unsaturated/α-hetero) is 1. The number of aliphatic hydroxyl groups excluding tert-OH is 1. The van der Waals surface area contributed by atoms with Crippen LogP contribution in [0.5, 0.6) is 11.5 Å². The summed E-state index contributed by atoms with van der Waals surface area (Å²) in [4.78, 5) is 32.3. The highest BCUT2D eigenvalue weighted by atomic mass is 35.5. The molecule has 5 rings (SSSR count). The van der Waals surface area contributed by atoms with Crippen LogP contribution in [-0.4, -0.2) is 36.0 Å². The number of methoxy groups -OCH3 is 2. The number of fused-ring (bicyclic) bond motifs is 1. The number of benzene rings is 3. The van der Waals surface area contributed by atoms with Gasteiger partial charge in [-0.2, -0.15) is 0 Å². The van der Waals surface area contributed by atoms with Crippen LogP contribution in [-0.2, 0) is 9.59 Å². The number of amides is 1. The van der Waals surface area contributed by atoms with Gasteiger partial charge in [0.15, 0.2) is 16.8 Å². The molecule has 2 heterocycles. The van der Waals surface area contributed by atoms with E-state index in [-0.39, 0.29) is 43.0 Å². The fourth-order valence-electron chi connectivity index (χ4n) is 4.39. The lowest BCUT2D eigenvalue weighted by molar-refractivity contribution is -0.132. The van der Waals surface area contributed by atoms with E-state index in [2.05, 4.69) is 4.98 Å². The molecule has 0 aliphatic carbocycles. The largest absolute Gasteiger partial charge is 0.507 e. The summed E-state index contributed by atoms with van der Waals surface area (Å²) in [5.74, 6) is -4.23. The fourth-order valence-corrected chi connectivity index (χ4v) is 5.62. The van der Waals surface area contributed by atoms with E-state index in [0.29, 0.717) is 5.56 Å². The standard InChI is InChI=1S/C27H19ClF2N2O5S/c1-12-5-4-6-13(7-12)23-22(24(33)14-8-20(37-3)15(28)9-19(14)36-2)25(34)26(35)32(23)27-31-18-10-16(29)17(30)11-21(18)38-27/h4-11,23,33H,1-3H3/b24-22+. The maximum absolute atomic E-state index is 13.9. The number of hydrogen-bond donors (Lipinski definition) is 1. The van der Waals surface area contributed by atoms with Crippen LogP contribution in [0.25, 0.3) is 16.0 Å². The van der Waals surface area contributed by atoms with E-state index < -0.39 is 35.1 Å². The molecule has 1 aliphatic rings. The average Bonchev–Trinajstić information content (AvgIpc) is 3.40. The van der Waals surface area contributed by atoms with E-state index in [0.717, 1.165) is 33.9 Å². The quantitative estimate of drug-likeness (QED) is 0.179. The molecule has 1 aliphatic heterocycles. The molecule has 1 fully saturated rings. The Balaban J connectivity index is 1.77. The fraction of sp³-hybridized carbons (Fsp3) is 0.148. The first-order valence-corrected chi connectivity index (χ1v) is 12.4. The number of aromatic nitrogens is 1. The summed E-state index contributed by atoms with van der Waals surface area (Å²) in [5.41, 5.74) is 1.34. The zero-order chi connectivity index (χ0) is 27.3. The molecule has 0 bridgehead atoms.